The summed E-state index contributed by atoms with van der Waals surface area (Å²) in [4.78, 5) is 16.9. The lowest BCUT2D eigenvalue weighted by Crippen LogP contribution is -2.11. The predicted molar refractivity (Wildman–Crippen MR) is 105 cm³/mol. The van der Waals surface area contributed by atoms with Gasteiger partial charge in [0.25, 0.3) is 5.91 Å². The second kappa shape index (κ2) is 7.13. The van der Waals surface area contributed by atoms with Crippen molar-refractivity contribution in [2.45, 2.75) is 0 Å². The Kier molecular flexibility index (Phi) is 4.52. The minimum absolute atomic E-state index is 0.217. The minimum atomic E-state index is -0.217. The molecule has 0 atom stereocenters. The number of fused-ring (bicyclic) bond motifs is 1. The van der Waals surface area contributed by atoms with Gasteiger partial charge in [-0.1, -0.05) is 17.7 Å². The fourth-order valence-electron chi connectivity index (χ4n) is 2.69. The number of amides is 1. The number of ether oxygens (including phenoxy) is 1. The van der Waals surface area contributed by atoms with Gasteiger partial charge in [0.15, 0.2) is 5.58 Å². The van der Waals surface area contributed by atoms with Crippen LogP contribution in [0.4, 0.5) is 5.69 Å². The number of methoxy groups -OCH3 is 1. The van der Waals surface area contributed by atoms with Crippen molar-refractivity contribution in [3.8, 4) is 17.2 Å². The van der Waals surface area contributed by atoms with E-state index in [-0.39, 0.29) is 5.91 Å². The topological polar surface area (TPSA) is 64.4 Å². The highest BCUT2D eigenvalue weighted by atomic mass is 35.5. The molecule has 27 heavy (non-hydrogen) atoms. The highest BCUT2D eigenvalue weighted by molar-refractivity contribution is 6.30. The van der Waals surface area contributed by atoms with Gasteiger partial charge < -0.3 is 14.5 Å². The summed E-state index contributed by atoms with van der Waals surface area (Å²) in [5.74, 6) is 0.971. The minimum Gasteiger partial charge on any atom is -0.497 e. The maximum atomic E-state index is 12.4. The van der Waals surface area contributed by atoms with Crippen molar-refractivity contribution >= 4 is 34.3 Å². The molecule has 0 saturated heterocycles. The highest BCUT2D eigenvalue weighted by Gasteiger charge is 2.11. The average Bonchev–Trinajstić information content (AvgIpc) is 3.12. The molecule has 0 bridgehead atoms. The Morgan fingerprint density at radius 1 is 1.07 bits per heavy atom. The van der Waals surface area contributed by atoms with Crippen LogP contribution in [0, 0.1) is 0 Å². The highest BCUT2D eigenvalue weighted by Crippen LogP contribution is 2.28. The largest absolute Gasteiger partial charge is 0.497 e. The van der Waals surface area contributed by atoms with Gasteiger partial charge in [-0.3, -0.25) is 4.79 Å². The van der Waals surface area contributed by atoms with Gasteiger partial charge in [-0.15, -0.1) is 0 Å². The van der Waals surface area contributed by atoms with Gasteiger partial charge in [0.05, 0.1) is 7.11 Å². The number of anilines is 1. The summed E-state index contributed by atoms with van der Waals surface area (Å²) in [5.41, 5.74) is 3.31. The smallest absolute Gasteiger partial charge is 0.255 e. The van der Waals surface area contributed by atoms with Crippen molar-refractivity contribution < 1.29 is 13.9 Å². The molecule has 0 aliphatic rings. The Bertz CT molecular complexity index is 1120. The Morgan fingerprint density at radius 3 is 2.67 bits per heavy atom. The molecule has 0 saturated carbocycles. The van der Waals surface area contributed by atoms with Crippen molar-refractivity contribution in [1.29, 1.82) is 0 Å². The van der Waals surface area contributed by atoms with E-state index in [1.807, 2.05) is 42.5 Å². The molecule has 1 aromatic heterocycles. The molecule has 1 amide bonds. The number of nitrogens with zero attached hydrogens (tertiary/aromatic N) is 1. The number of oxazole rings is 1. The quantitative estimate of drug-likeness (QED) is 0.515. The summed E-state index contributed by atoms with van der Waals surface area (Å²) in [6.45, 7) is 0. The number of hydrogen-bond acceptors (Lipinski definition) is 4. The van der Waals surface area contributed by atoms with E-state index in [4.69, 9.17) is 20.8 Å². The third-order valence-corrected chi connectivity index (χ3v) is 4.32. The van der Waals surface area contributed by atoms with Crippen LogP contribution >= 0.6 is 11.6 Å². The summed E-state index contributed by atoms with van der Waals surface area (Å²) in [6, 6.07) is 19.5. The van der Waals surface area contributed by atoms with Gasteiger partial charge in [0, 0.05) is 27.9 Å². The van der Waals surface area contributed by atoms with E-state index < -0.39 is 0 Å². The Labute approximate surface area is 160 Å². The van der Waals surface area contributed by atoms with Gasteiger partial charge in [-0.05, 0) is 54.6 Å². The standard InChI is InChI=1S/C21H15ClN2O3/c1-26-17-9-10-19-18(12-17)24-21(27-19)14-3-2-4-16(11-14)23-20(25)13-5-7-15(22)8-6-13/h2-12H,1H3,(H,23,25). The first-order valence-electron chi connectivity index (χ1n) is 8.24. The van der Waals surface area contributed by atoms with Gasteiger partial charge >= 0.3 is 0 Å². The van der Waals surface area contributed by atoms with E-state index in [1.165, 1.54) is 0 Å². The maximum absolute atomic E-state index is 12.4. The zero-order valence-corrected chi connectivity index (χ0v) is 15.2. The van der Waals surface area contributed by atoms with Crippen LogP contribution in [0.5, 0.6) is 5.75 Å². The molecule has 1 heterocycles. The van der Waals surface area contributed by atoms with Crippen LogP contribution in [0.25, 0.3) is 22.6 Å². The fourth-order valence-corrected chi connectivity index (χ4v) is 2.82. The number of halogens is 1. The van der Waals surface area contributed by atoms with Crippen LogP contribution in [0.15, 0.2) is 71.1 Å². The molecule has 6 heteroatoms. The lowest BCUT2D eigenvalue weighted by molar-refractivity contribution is 0.102. The molecule has 0 unspecified atom stereocenters. The first-order chi connectivity index (χ1) is 13.1. The van der Waals surface area contributed by atoms with Gasteiger partial charge in [-0.2, -0.15) is 0 Å². The molecule has 134 valence electrons. The zero-order valence-electron chi connectivity index (χ0n) is 14.4. The second-order valence-corrected chi connectivity index (χ2v) is 6.33. The Hall–Kier alpha value is -3.31. The van der Waals surface area contributed by atoms with Crippen LogP contribution in [0.1, 0.15) is 10.4 Å². The first-order valence-corrected chi connectivity index (χ1v) is 8.62. The summed E-state index contributed by atoms with van der Waals surface area (Å²) in [7, 11) is 1.61. The van der Waals surface area contributed by atoms with Crippen LogP contribution in [0.2, 0.25) is 5.02 Å². The molecule has 0 spiro atoms. The molecule has 4 aromatic rings. The van der Waals surface area contributed by atoms with Crippen molar-refractivity contribution in [3.05, 3.63) is 77.3 Å². The number of rotatable bonds is 4. The zero-order chi connectivity index (χ0) is 18.8. The number of hydrogen-bond donors (Lipinski definition) is 1. The van der Waals surface area contributed by atoms with E-state index in [0.29, 0.717) is 39.0 Å². The molecule has 1 N–H and O–H groups in total. The van der Waals surface area contributed by atoms with Gasteiger partial charge in [-0.25, -0.2) is 4.98 Å². The second-order valence-electron chi connectivity index (χ2n) is 5.89. The van der Waals surface area contributed by atoms with Crippen molar-refractivity contribution in [3.63, 3.8) is 0 Å². The molecule has 3 aromatic carbocycles. The lowest BCUT2D eigenvalue weighted by atomic mass is 10.1. The van der Waals surface area contributed by atoms with Gasteiger partial charge in [0.1, 0.15) is 11.3 Å². The first kappa shape index (κ1) is 17.1. The Morgan fingerprint density at radius 2 is 1.89 bits per heavy atom. The summed E-state index contributed by atoms with van der Waals surface area (Å²) in [5, 5.41) is 3.45. The van der Waals surface area contributed by atoms with Crippen molar-refractivity contribution in [2.24, 2.45) is 0 Å². The van der Waals surface area contributed by atoms with Crippen LogP contribution < -0.4 is 10.1 Å². The predicted octanol–water partition coefficient (Wildman–Crippen LogP) is 5.41. The number of carbonyl (C=O) groups excluding carboxylic acids is 1. The molecule has 0 aliphatic carbocycles. The maximum Gasteiger partial charge on any atom is 0.255 e. The fraction of sp³-hybridized carbons (Fsp3) is 0.0476. The van der Waals surface area contributed by atoms with E-state index in [2.05, 4.69) is 10.3 Å². The van der Waals surface area contributed by atoms with Gasteiger partial charge in [0.2, 0.25) is 5.89 Å². The van der Waals surface area contributed by atoms with Crippen LogP contribution in [-0.2, 0) is 0 Å². The molecular formula is C21H15ClN2O3. The number of aromatic nitrogens is 1. The normalized spacial score (nSPS) is 10.7. The lowest BCUT2D eigenvalue weighted by Gasteiger charge is -2.06. The van der Waals surface area contributed by atoms with E-state index in [0.717, 1.165) is 5.56 Å². The summed E-state index contributed by atoms with van der Waals surface area (Å²) >= 11 is 5.86. The third kappa shape index (κ3) is 3.64. The van der Waals surface area contributed by atoms with E-state index >= 15 is 0 Å². The SMILES string of the molecule is COc1ccc2oc(-c3cccc(NC(=O)c4ccc(Cl)cc4)c3)nc2c1. The number of nitrogens with one attached hydrogen (secondary N) is 1. The van der Waals surface area contributed by atoms with Crippen LogP contribution in [0.3, 0.4) is 0 Å². The Balaban J connectivity index is 1.60. The summed E-state index contributed by atoms with van der Waals surface area (Å²) in [6.07, 6.45) is 0. The van der Waals surface area contributed by atoms with Crippen molar-refractivity contribution in [1.82, 2.24) is 4.98 Å². The molecule has 0 aliphatic heterocycles. The molecule has 5 nitrogen and oxygen atoms in total. The molecule has 4 rings (SSSR count). The number of benzene rings is 3. The van der Waals surface area contributed by atoms with E-state index in [1.54, 1.807) is 31.4 Å². The molecule has 0 fully saturated rings. The third-order valence-electron chi connectivity index (χ3n) is 4.07. The van der Waals surface area contributed by atoms with Crippen molar-refractivity contribution in [2.75, 3.05) is 12.4 Å². The van der Waals surface area contributed by atoms with Crippen LogP contribution in [-0.4, -0.2) is 18.0 Å². The summed E-state index contributed by atoms with van der Waals surface area (Å²) < 4.78 is 11.0. The molecular weight excluding hydrogens is 364 g/mol. The average molecular weight is 379 g/mol. The monoisotopic (exact) mass is 378 g/mol. The number of carbonyl (C=O) groups is 1. The van der Waals surface area contributed by atoms with E-state index in [9.17, 15) is 4.79 Å². The molecule has 0 radical (unpaired) electrons.